The SMILES string of the molecule is CCCCOc1ccc(-n2nnc(C=O)c2CCC)cc1. The van der Waals surface area contributed by atoms with Crippen LogP contribution in [-0.2, 0) is 6.42 Å². The van der Waals surface area contributed by atoms with E-state index in [1.54, 1.807) is 4.68 Å². The summed E-state index contributed by atoms with van der Waals surface area (Å²) in [6.07, 6.45) is 4.64. The van der Waals surface area contributed by atoms with E-state index in [9.17, 15) is 4.79 Å². The van der Waals surface area contributed by atoms with Gasteiger partial charge < -0.3 is 4.74 Å². The molecule has 21 heavy (non-hydrogen) atoms. The first-order chi connectivity index (χ1) is 10.3. The lowest BCUT2D eigenvalue weighted by Gasteiger charge is -2.08. The van der Waals surface area contributed by atoms with Crippen LogP contribution in [0.4, 0.5) is 0 Å². The predicted molar refractivity (Wildman–Crippen MR) is 81.1 cm³/mol. The van der Waals surface area contributed by atoms with E-state index in [2.05, 4.69) is 24.2 Å². The van der Waals surface area contributed by atoms with Crippen molar-refractivity contribution < 1.29 is 9.53 Å². The molecule has 1 aromatic carbocycles. The zero-order valence-corrected chi connectivity index (χ0v) is 12.6. The molecule has 112 valence electrons. The smallest absolute Gasteiger partial charge is 0.172 e. The minimum absolute atomic E-state index is 0.417. The number of benzene rings is 1. The maximum atomic E-state index is 11.0. The Hall–Kier alpha value is -2.17. The van der Waals surface area contributed by atoms with Crippen LogP contribution < -0.4 is 4.74 Å². The van der Waals surface area contributed by atoms with Gasteiger partial charge in [-0.1, -0.05) is 31.9 Å². The molecule has 0 bridgehead atoms. The fraction of sp³-hybridized carbons (Fsp3) is 0.438. The van der Waals surface area contributed by atoms with Gasteiger partial charge >= 0.3 is 0 Å². The molecule has 0 amide bonds. The van der Waals surface area contributed by atoms with Gasteiger partial charge in [0, 0.05) is 0 Å². The molecule has 0 fully saturated rings. The number of carbonyl (C=O) groups excluding carboxylic acids is 1. The molecule has 0 atom stereocenters. The number of ether oxygens (including phenoxy) is 1. The number of nitrogens with zero attached hydrogens (tertiary/aromatic N) is 3. The van der Waals surface area contributed by atoms with Crippen LogP contribution in [0, 0.1) is 0 Å². The Kier molecular flexibility index (Phi) is 5.49. The largest absolute Gasteiger partial charge is 0.494 e. The van der Waals surface area contributed by atoms with Crippen LogP contribution in [0.25, 0.3) is 5.69 Å². The maximum Gasteiger partial charge on any atom is 0.172 e. The standard InChI is InChI=1S/C16H21N3O2/c1-3-5-11-21-14-9-7-13(8-10-14)19-16(6-4-2)15(12-20)17-18-19/h7-10,12H,3-6,11H2,1-2H3. The lowest BCUT2D eigenvalue weighted by atomic mass is 10.2. The lowest BCUT2D eigenvalue weighted by molar-refractivity contribution is 0.111. The highest BCUT2D eigenvalue weighted by Crippen LogP contribution is 2.18. The summed E-state index contributed by atoms with van der Waals surface area (Å²) in [6, 6.07) is 7.71. The van der Waals surface area contributed by atoms with Crippen molar-refractivity contribution >= 4 is 6.29 Å². The molecule has 2 rings (SSSR count). The summed E-state index contributed by atoms with van der Waals surface area (Å²) >= 11 is 0. The third-order valence-electron chi connectivity index (χ3n) is 3.24. The van der Waals surface area contributed by atoms with Crippen LogP contribution in [0.5, 0.6) is 5.75 Å². The van der Waals surface area contributed by atoms with E-state index >= 15 is 0 Å². The van der Waals surface area contributed by atoms with Crippen molar-refractivity contribution in [1.82, 2.24) is 15.0 Å². The quantitative estimate of drug-likeness (QED) is 0.552. The molecule has 0 aliphatic heterocycles. The Balaban J connectivity index is 2.18. The van der Waals surface area contributed by atoms with Gasteiger partial charge in [0.25, 0.3) is 0 Å². The monoisotopic (exact) mass is 287 g/mol. The molecule has 1 aromatic heterocycles. The summed E-state index contributed by atoms with van der Waals surface area (Å²) in [7, 11) is 0. The van der Waals surface area contributed by atoms with Crippen molar-refractivity contribution in [2.45, 2.75) is 39.5 Å². The number of hydrogen-bond acceptors (Lipinski definition) is 4. The molecular weight excluding hydrogens is 266 g/mol. The molecule has 0 saturated heterocycles. The van der Waals surface area contributed by atoms with Gasteiger partial charge in [0.05, 0.1) is 18.0 Å². The molecule has 0 unspecified atom stereocenters. The van der Waals surface area contributed by atoms with Crippen LogP contribution in [0.15, 0.2) is 24.3 Å². The summed E-state index contributed by atoms with van der Waals surface area (Å²) in [4.78, 5) is 11.0. The number of rotatable bonds is 8. The summed E-state index contributed by atoms with van der Waals surface area (Å²) in [6.45, 7) is 4.93. The Morgan fingerprint density at radius 1 is 1.19 bits per heavy atom. The second-order valence-corrected chi connectivity index (χ2v) is 4.90. The second-order valence-electron chi connectivity index (χ2n) is 4.90. The Morgan fingerprint density at radius 2 is 1.95 bits per heavy atom. The fourth-order valence-electron chi connectivity index (χ4n) is 2.10. The molecule has 1 heterocycles. The van der Waals surface area contributed by atoms with E-state index < -0.39 is 0 Å². The number of hydrogen-bond donors (Lipinski definition) is 0. The Bertz CT molecular complexity index is 576. The van der Waals surface area contributed by atoms with Gasteiger partial charge in [0.2, 0.25) is 0 Å². The van der Waals surface area contributed by atoms with Crippen LogP contribution in [0.1, 0.15) is 49.3 Å². The number of carbonyl (C=O) groups is 1. The van der Waals surface area contributed by atoms with Crippen molar-refractivity contribution in [3.05, 3.63) is 35.7 Å². The Labute approximate surface area is 124 Å². The predicted octanol–water partition coefficient (Wildman–Crippen LogP) is 3.21. The third kappa shape index (κ3) is 3.68. The van der Waals surface area contributed by atoms with E-state index in [0.717, 1.165) is 55.7 Å². The van der Waals surface area contributed by atoms with Crippen LogP contribution in [-0.4, -0.2) is 27.9 Å². The van der Waals surface area contributed by atoms with E-state index in [-0.39, 0.29) is 0 Å². The van der Waals surface area contributed by atoms with Crippen molar-refractivity contribution in [1.29, 1.82) is 0 Å². The van der Waals surface area contributed by atoms with Gasteiger partial charge in [0.1, 0.15) is 11.4 Å². The third-order valence-corrected chi connectivity index (χ3v) is 3.24. The number of unbranched alkanes of at least 4 members (excludes halogenated alkanes) is 1. The molecule has 5 heteroatoms. The molecule has 0 N–H and O–H groups in total. The molecule has 0 radical (unpaired) electrons. The molecule has 5 nitrogen and oxygen atoms in total. The van der Waals surface area contributed by atoms with E-state index in [4.69, 9.17) is 4.74 Å². The summed E-state index contributed by atoms with van der Waals surface area (Å²) in [5.41, 5.74) is 2.16. The molecular formula is C16H21N3O2. The normalized spacial score (nSPS) is 10.6. The zero-order chi connectivity index (χ0) is 15.1. The zero-order valence-electron chi connectivity index (χ0n) is 12.6. The summed E-state index contributed by atoms with van der Waals surface area (Å²) in [5.74, 6) is 0.847. The minimum atomic E-state index is 0.417. The van der Waals surface area contributed by atoms with Crippen molar-refractivity contribution in [2.75, 3.05) is 6.61 Å². The Morgan fingerprint density at radius 3 is 2.57 bits per heavy atom. The van der Waals surface area contributed by atoms with Gasteiger partial charge in [-0.3, -0.25) is 4.79 Å². The summed E-state index contributed by atoms with van der Waals surface area (Å²) in [5, 5.41) is 8.00. The van der Waals surface area contributed by atoms with E-state index in [1.807, 2.05) is 24.3 Å². The highest BCUT2D eigenvalue weighted by molar-refractivity contribution is 5.73. The first kappa shape index (κ1) is 15.2. The van der Waals surface area contributed by atoms with Crippen molar-refractivity contribution in [3.63, 3.8) is 0 Å². The molecule has 0 saturated carbocycles. The molecule has 0 aliphatic carbocycles. The van der Waals surface area contributed by atoms with E-state index in [0.29, 0.717) is 5.69 Å². The van der Waals surface area contributed by atoms with Gasteiger partial charge in [-0.2, -0.15) is 0 Å². The number of aldehydes is 1. The number of aromatic nitrogens is 3. The van der Waals surface area contributed by atoms with Crippen LogP contribution in [0.2, 0.25) is 0 Å². The highest BCUT2D eigenvalue weighted by Gasteiger charge is 2.12. The van der Waals surface area contributed by atoms with Crippen molar-refractivity contribution in [3.8, 4) is 11.4 Å². The van der Waals surface area contributed by atoms with Crippen LogP contribution >= 0.6 is 0 Å². The van der Waals surface area contributed by atoms with E-state index in [1.165, 1.54) is 0 Å². The van der Waals surface area contributed by atoms with Crippen LogP contribution in [0.3, 0.4) is 0 Å². The fourth-order valence-corrected chi connectivity index (χ4v) is 2.10. The highest BCUT2D eigenvalue weighted by atomic mass is 16.5. The average molecular weight is 287 g/mol. The molecule has 0 spiro atoms. The van der Waals surface area contributed by atoms with Gasteiger partial charge in [-0.25, -0.2) is 4.68 Å². The first-order valence-corrected chi connectivity index (χ1v) is 7.43. The average Bonchev–Trinajstić information content (AvgIpc) is 2.91. The van der Waals surface area contributed by atoms with Crippen molar-refractivity contribution in [2.24, 2.45) is 0 Å². The van der Waals surface area contributed by atoms with Gasteiger partial charge in [-0.05, 0) is 37.1 Å². The topological polar surface area (TPSA) is 57.0 Å². The van der Waals surface area contributed by atoms with Gasteiger partial charge in [0.15, 0.2) is 6.29 Å². The first-order valence-electron chi connectivity index (χ1n) is 7.43. The molecule has 2 aromatic rings. The second kappa shape index (κ2) is 7.57. The van der Waals surface area contributed by atoms with Gasteiger partial charge in [-0.15, -0.1) is 5.10 Å². The maximum absolute atomic E-state index is 11.0. The minimum Gasteiger partial charge on any atom is -0.494 e. The molecule has 0 aliphatic rings. The lowest BCUT2D eigenvalue weighted by Crippen LogP contribution is -2.04. The summed E-state index contributed by atoms with van der Waals surface area (Å²) < 4.78 is 7.37.